The molecule has 0 spiro atoms. The molecule has 0 aliphatic heterocycles. The summed E-state index contributed by atoms with van der Waals surface area (Å²) in [7, 11) is -1.56. The van der Waals surface area contributed by atoms with Gasteiger partial charge in [-0.05, 0) is 17.9 Å². The monoisotopic (exact) mass is 349 g/mol. The molecule has 0 amide bonds. The molecule has 0 atom stereocenters. The minimum Gasteiger partial charge on any atom is -0.302 e. The molecule has 0 saturated carbocycles. The van der Waals surface area contributed by atoms with E-state index in [4.69, 9.17) is 11.6 Å². The summed E-state index contributed by atoms with van der Waals surface area (Å²) in [6, 6.07) is 0. The molecule has 10 heteroatoms. The SMILES string of the molecule is Cc1csc(Cl)c1NS(=O)(=O)c1cn(C)c(=O)n(C)c1=O. The Labute approximate surface area is 129 Å². The van der Waals surface area contributed by atoms with E-state index in [1.165, 1.54) is 25.4 Å². The molecule has 0 radical (unpaired) electrons. The van der Waals surface area contributed by atoms with Crippen LogP contribution in [0.2, 0.25) is 4.34 Å². The normalized spacial score (nSPS) is 11.6. The Kier molecular flexibility index (Phi) is 4.00. The van der Waals surface area contributed by atoms with Gasteiger partial charge in [0.1, 0.15) is 4.34 Å². The Morgan fingerprint density at radius 3 is 2.43 bits per heavy atom. The summed E-state index contributed by atoms with van der Waals surface area (Å²) in [6.07, 6.45) is 0.989. The molecule has 2 aromatic rings. The van der Waals surface area contributed by atoms with Crippen molar-refractivity contribution in [1.82, 2.24) is 9.13 Å². The number of aromatic nitrogens is 2. The summed E-state index contributed by atoms with van der Waals surface area (Å²) >= 11 is 7.10. The average molecular weight is 350 g/mol. The summed E-state index contributed by atoms with van der Waals surface area (Å²) in [6.45, 7) is 1.69. The van der Waals surface area contributed by atoms with Gasteiger partial charge in [-0.1, -0.05) is 11.6 Å². The highest BCUT2D eigenvalue weighted by atomic mass is 35.5. The zero-order chi connectivity index (χ0) is 15.9. The van der Waals surface area contributed by atoms with Crippen LogP contribution in [0.25, 0.3) is 0 Å². The van der Waals surface area contributed by atoms with Crippen molar-refractivity contribution in [3.8, 4) is 0 Å². The maximum absolute atomic E-state index is 12.3. The molecule has 21 heavy (non-hydrogen) atoms. The fourth-order valence-corrected chi connectivity index (χ4v) is 4.17. The van der Waals surface area contributed by atoms with Crippen LogP contribution in [-0.2, 0) is 24.1 Å². The van der Waals surface area contributed by atoms with Crippen molar-refractivity contribution in [2.75, 3.05) is 4.72 Å². The molecule has 7 nitrogen and oxygen atoms in total. The van der Waals surface area contributed by atoms with E-state index in [0.29, 0.717) is 5.56 Å². The van der Waals surface area contributed by atoms with E-state index >= 15 is 0 Å². The molecule has 2 heterocycles. The van der Waals surface area contributed by atoms with Gasteiger partial charge in [0.15, 0.2) is 4.90 Å². The van der Waals surface area contributed by atoms with Crippen molar-refractivity contribution in [3.05, 3.63) is 42.3 Å². The Morgan fingerprint density at radius 2 is 1.90 bits per heavy atom. The van der Waals surface area contributed by atoms with Gasteiger partial charge in [-0.3, -0.25) is 14.1 Å². The lowest BCUT2D eigenvalue weighted by Gasteiger charge is -2.10. The van der Waals surface area contributed by atoms with Gasteiger partial charge in [-0.15, -0.1) is 11.3 Å². The molecule has 114 valence electrons. The molecule has 0 aliphatic carbocycles. The van der Waals surface area contributed by atoms with E-state index in [-0.39, 0.29) is 10.0 Å². The second kappa shape index (κ2) is 5.32. The van der Waals surface area contributed by atoms with E-state index in [1.54, 1.807) is 12.3 Å². The molecular weight excluding hydrogens is 338 g/mol. The van der Waals surface area contributed by atoms with Gasteiger partial charge in [0, 0.05) is 20.3 Å². The highest BCUT2D eigenvalue weighted by Crippen LogP contribution is 2.33. The number of halogens is 1. The largest absolute Gasteiger partial charge is 0.330 e. The molecule has 0 saturated heterocycles. The van der Waals surface area contributed by atoms with Crippen LogP contribution < -0.4 is 16.0 Å². The molecule has 2 rings (SSSR count). The topological polar surface area (TPSA) is 90.2 Å². The predicted molar refractivity (Wildman–Crippen MR) is 81.8 cm³/mol. The van der Waals surface area contributed by atoms with E-state index in [1.807, 2.05) is 0 Å². The molecule has 2 aromatic heterocycles. The van der Waals surface area contributed by atoms with Gasteiger partial charge in [0.25, 0.3) is 15.6 Å². The van der Waals surface area contributed by atoms with E-state index in [0.717, 1.165) is 15.3 Å². The predicted octanol–water partition coefficient (Wildman–Crippen LogP) is 0.908. The molecule has 0 bridgehead atoms. The van der Waals surface area contributed by atoms with Gasteiger partial charge >= 0.3 is 5.69 Å². The van der Waals surface area contributed by atoms with Crippen LogP contribution in [0.1, 0.15) is 5.56 Å². The van der Waals surface area contributed by atoms with Crippen molar-refractivity contribution in [1.29, 1.82) is 0 Å². The second-order valence-electron chi connectivity index (χ2n) is 4.42. The maximum atomic E-state index is 12.3. The third kappa shape index (κ3) is 2.76. The minimum atomic E-state index is -4.14. The number of nitrogens with one attached hydrogen (secondary N) is 1. The lowest BCUT2D eigenvalue weighted by Crippen LogP contribution is -2.40. The molecule has 0 aromatic carbocycles. The number of aryl methyl sites for hydroxylation is 2. The van der Waals surface area contributed by atoms with Crippen molar-refractivity contribution in [2.24, 2.45) is 14.1 Å². The van der Waals surface area contributed by atoms with Crippen LogP contribution in [0.5, 0.6) is 0 Å². The summed E-state index contributed by atoms with van der Waals surface area (Å²) in [5.74, 6) is 0. The molecule has 0 unspecified atom stereocenters. The van der Waals surface area contributed by atoms with Crippen molar-refractivity contribution in [3.63, 3.8) is 0 Å². The first-order valence-corrected chi connectivity index (χ1v) is 8.42. The van der Waals surface area contributed by atoms with Crippen molar-refractivity contribution < 1.29 is 8.42 Å². The zero-order valence-corrected chi connectivity index (χ0v) is 13.8. The molecule has 1 N–H and O–H groups in total. The maximum Gasteiger partial charge on any atom is 0.330 e. The number of anilines is 1. The smallest absolute Gasteiger partial charge is 0.302 e. The first kappa shape index (κ1) is 15.8. The summed E-state index contributed by atoms with van der Waals surface area (Å²) < 4.78 is 29.0. The molecular formula is C11H12ClN3O4S2. The summed E-state index contributed by atoms with van der Waals surface area (Å²) in [5, 5.41) is 1.69. The number of nitrogens with zero attached hydrogens (tertiary/aromatic N) is 2. The lowest BCUT2D eigenvalue weighted by molar-refractivity contribution is 0.589. The van der Waals surface area contributed by atoms with Crippen LogP contribution in [0, 0.1) is 6.92 Å². The Hall–Kier alpha value is -1.58. The van der Waals surface area contributed by atoms with E-state index < -0.39 is 26.2 Å². The van der Waals surface area contributed by atoms with E-state index in [2.05, 4.69) is 4.72 Å². The quantitative estimate of drug-likeness (QED) is 0.891. The summed E-state index contributed by atoms with van der Waals surface area (Å²) in [4.78, 5) is 23.1. The number of hydrogen-bond acceptors (Lipinski definition) is 5. The first-order chi connectivity index (χ1) is 9.65. The van der Waals surface area contributed by atoms with Crippen LogP contribution >= 0.6 is 22.9 Å². The fraction of sp³-hybridized carbons (Fsp3) is 0.273. The Balaban J connectivity index is 2.61. The average Bonchev–Trinajstić information content (AvgIpc) is 2.71. The second-order valence-corrected chi connectivity index (χ2v) is 7.56. The first-order valence-electron chi connectivity index (χ1n) is 5.68. The van der Waals surface area contributed by atoms with Crippen LogP contribution in [0.3, 0.4) is 0 Å². The summed E-state index contributed by atoms with van der Waals surface area (Å²) in [5.41, 5.74) is -0.619. The Morgan fingerprint density at radius 1 is 1.29 bits per heavy atom. The van der Waals surface area contributed by atoms with Gasteiger partial charge in [-0.2, -0.15) is 0 Å². The van der Waals surface area contributed by atoms with E-state index in [9.17, 15) is 18.0 Å². The zero-order valence-electron chi connectivity index (χ0n) is 11.4. The number of thiophene rings is 1. The lowest BCUT2D eigenvalue weighted by atomic mass is 10.3. The third-order valence-corrected chi connectivity index (χ3v) is 5.54. The van der Waals surface area contributed by atoms with Crippen LogP contribution in [0.15, 0.2) is 26.1 Å². The number of hydrogen-bond donors (Lipinski definition) is 1. The molecule has 0 aliphatic rings. The standard InChI is InChI=1S/C11H12ClN3O4S2/c1-6-5-20-9(12)8(6)13-21(18,19)7-4-14(2)11(17)15(3)10(7)16/h4-5,13H,1-3H3. The van der Waals surface area contributed by atoms with Gasteiger partial charge in [0.2, 0.25) is 0 Å². The van der Waals surface area contributed by atoms with Gasteiger partial charge in [0.05, 0.1) is 5.69 Å². The number of rotatable bonds is 3. The number of sulfonamides is 1. The molecule has 0 fully saturated rings. The highest BCUT2D eigenvalue weighted by Gasteiger charge is 2.23. The van der Waals surface area contributed by atoms with Gasteiger partial charge < -0.3 is 4.57 Å². The van der Waals surface area contributed by atoms with Gasteiger partial charge in [-0.25, -0.2) is 13.2 Å². The van der Waals surface area contributed by atoms with Crippen molar-refractivity contribution >= 4 is 38.6 Å². The van der Waals surface area contributed by atoms with Crippen LogP contribution in [-0.4, -0.2) is 17.6 Å². The van der Waals surface area contributed by atoms with Crippen LogP contribution in [0.4, 0.5) is 5.69 Å². The Bertz CT molecular complexity index is 904. The third-order valence-electron chi connectivity index (χ3n) is 2.87. The highest BCUT2D eigenvalue weighted by molar-refractivity contribution is 7.92. The minimum absolute atomic E-state index is 0.234. The van der Waals surface area contributed by atoms with Crippen molar-refractivity contribution in [2.45, 2.75) is 11.8 Å². The fourth-order valence-electron chi connectivity index (χ4n) is 1.68.